The molecule has 0 radical (unpaired) electrons. The van der Waals surface area contributed by atoms with Crippen LogP contribution in [0.25, 0.3) is 0 Å². The number of amides is 1. The fourth-order valence-electron chi connectivity index (χ4n) is 4.20. The van der Waals surface area contributed by atoms with Crippen molar-refractivity contribution < 1.29 is 13.2 Å². The molecule has 2 aliphatic rings. The second-order valence-corrected chi connectivity index (χ2v) is 9.75. The summed E-state index contributed by atoms with van der Waals surface area (Å²) in [4.78, 5) is 15.2. The topological polar surface area (TPSA) is 78.5 Å². The molecule has 1 atom stereocenters. The molecule has 27 heavy (non-hydrogen) atoms. The lowest BCUT2D eigenvalue weighted by molar-refractivity contribution is 0.0935. The van der Waals surface area contributed by atoms with Crippen LogP contribution in [0, 0.1) is 6.92 Å². The Labute approximate surface area is 162 Å². The summed E-state index contributed by atoms with van der Waals surface area (Å²) < 4.78 is 25.5. The number of anilines is 1. The molecular formula is C20H31N3O3S. The second kappa shape index (κ2) is 8.61. The van der Waals surface area contributed by atoms with Crippen molar-refractivity contribution in [3.63, 3.8) is 0 Å². The van der Waals surface area contributed by atoms with Gasteiger partial charge in [0.25, 0.3) is 5.91 Å². The van der Waals surface area contributed by atoms with Gasteiger partial charge in [-0.3, -0.25) is 14.4 Å². The molecule has 0 bridgehead atoms. The molecule has 1 aromatic carbocycles. The monoisotopic (exact) mass is 393 g/mol. The summed E-state index contributed by atoms with van der Waals surface area (Å²) in [6.45, 7) is 3.78. The number of rotatable bonds is 5. The third kappa shape index (κ3) is 5.69. The number of benzene rings is 1. The quantitative estimate of drug-likeness (QED) is 0.754. The zero-order chi connectivity index (χ0) is 19.4. The van der Waals surface area contributed by atoms with Crippen LogP contribution < -0.4 is 10.0 Å². The average Bonchev–Trinajstić information content (AvgIpc) is 2.88. The van der Waals surface area contributed by atoms with Gasteiger partial charge >= 0.3 is 0 Å². The van der Waals surface area contributed by atoms with E-state index in [1.54, 1.807) is 18.2 Å². The zero-order valence-electron chi connectivity index (χ0n) is 16.3. The maximum Gasteiger partial charge on any atom is 0.251 e. The Hall–Kier alpha value is -1.60. The van der Waals surface area contributed by atoms with E-state index in [9.17, 15) is 13.2 Å². The van der Waals surface area contributed by atoms with Crippen molar-refractivity contribution in [1.29, 1.82) is 0 Å². The number of carbonyl (C=O) groups is 1. The maximum atomic E-state index is 12.7. The van der Waals surface area contributed by atoms with Crippen LogP contribution in [0.15, 0.2) is 18.2 Å². The van der Waals surface area contributed by atoms with Crippen molar-refractivity contribution >= 4 is 21.6 Å². The summed E-state index contributed by atoms with van der Waals surface area (Å²) in [6, 6.07) is 5.96. The minimum atomic E-state index is -3.38. The third-order valence-electron chi connectivity index (χ3n) is 5.69. The minimum absolute atomic E-state index is 0.140. The molecule has 0 aromatic heterocycles. The van der Waals surface area contributed by atoms with Gasteiger partial charge in [0, 0.05) is 30.7 Å². The number of likely N-dealkylation sites (tertiary alicyclic amines) is 1. The van der Waals surface area contributed by atoms with E-state index in [1.807, 2.05) is 6.92 Å². The number of hydrogen-bond donors (Lipinski definition) is 2. The molecule has 150 valence electrons. The van der Waals surface area contributed by atoms with Crippen LogP contribution in [0.1, 0.15) is 60.9 Å². The Morgan fingerprint density at radius 1 is 1.11 bits per heavy atom. The van der Waals surface area contributed by atoms with Gasteiger partial charge in [0.05, 0.1) is 11.9 Å². The first-order valence-electron chi connectivity index (χ1n) is 9.95. The fourth-order valence-corrected chi connectivity index (χ4v) is 4.82. The van der Waals surface area contributed by atoms with Gasteiger partial charge in [-0.1, -0.05) is 31.7 Å². The first-order chi connectivity index (χ1) is 12.8. The molecule has 1 saturated heterocycles. The summed E-state index contributed by atoms with van der Waals surface area (Å²) in [6.07, 6.45) is 9.97. The molecule has 3 rings (SSSR count). The Balaban J connectivity index is 1.60. The van der Waals surface area contributed by atoms with Crippen molar-refractivity contribution in [1.82, 2.24) is 10.2 Å². The fraction of sp³-hybridized carbons (Fsp3) is 0.650. The van der Waals surface area contributed by atoms with Gasteiger partial charge in [0.2, 0.25) is 10.0 Å². The average molecular weight is 394 g/mol. The number of aryl methyl sites for hydroxylation is 1. The van der Waals surface area contributed by atoms with Crippen LogP contribution in [-0.2, 0) is 10.0 Å². The van der Waals surface area contributed by atoms with Crippen LogP contribution >= 0.6 is 0 Å². The van der Waals surface area contributed by atoms with Gasteiger partial charge < -0.3 is 5.32 Å². The van der Waals surface area contributed by atoms with Crippen LogP contribution in [0.2, 0.25) is 0 Å². The Bertz CT molecular complexity index is 771. The van der Waals surface area contributed by atoms with Crippen LogP contribution in [0.3, 0.4) is 0 Å². The van der Waals surface area contributed by atoms with E-state index in [1.165, 1.54) is 38.5 Å². The summed E-state index contributed by atoms with van der Waals surface area (Å²) in [5, 5.41) is 3.13. The van der Waals surface area contributed by atoms with E-state index in [2.05, 4.69) is 14.9 Å². The van der Waals surface area contributed by atoms with Crippen LogP contribution in [0.5, 0.6) is 0 Å². The van der Waals surface area contributed by atoms with Crippen molar-refractivity contribution in [3.05, 3.63) is 29.3 Å². The van der Waals surface area contributed by atoms with E-state index in [0.717, 1.165) is 31.3 Å². The molecule has 1 heterocycles. The summed E-state index contributed by atoms with van der Waals surface area (Å²) in [5.74, 6) is -0.140. The van der Waals surface area contributed by atoms with Gasteiger partial charge in [-0.25, -0.2) is 8.42 Å². The van der Waals surface area contributed by atoms with Crippen LogP contribution in [-0.4, -0.2) is 50.7 Å². The van der Waals surface area contributed by atoms with E-state index in [0.29, 0.717) is 17.3 Å². The molecule has 1 aliphatic heterocycles. The molecular weight excluding hydrogens is 362 g/mol. The lowest BCUT2D eigenvalue weighted by atomic mass is 10.1. The van der Waals surface area contributed by atoms with Gasteiger partial charge in [-0.05, 0) is 43.9 Å². The lowest BCUT2D eigenvalue weighted by Gasteiger charge is -2.26. The number of nitrogens with one attached hydrogen (secondary N) is 2. The molecule has 7 heteroatoms. The largest absolute Gasteiger partial charge is 0.348 e. The summed E-state index contributed by atoms with van der Waals surface area (Å²) in [5.41, 5.74) is 1.73. The third-order valence-corrected chi connectivity index (χ3v) is 6.28. The van der Waals surface area contributed by atoms with E-state index in [-0.39, 0.29) is 11.9 Å². The van der Waals surface area contributed by atoms with Gasteiger partial charge in [0.15, 0.2) is 0 Å². The predicted octanol–water partition coefficient (Wildman–Crippen LogP) is 2.89. The number of sulfonamides is 1. The van der Waals surface area contributed by atoms with Crippen LogP contribution in [0.4, 0.5) is 5.69 Å². The highest BCUT2D eigenvalue weighted by Gasteiger charge is 2.29. The SMILES string of the molecule is Cc1ccc(C(=O)NC2CCN(C3CCCCCC3)C2)cc1NS(C)(=O)=O. The normalized spacial score (nSPS) is 22.4. The highest BCUT2D eigenvalue weighted by molar-refractivity contribution is 7.92. The van der Waals surface area contributed by atoms with Gasteiger partial charge in [-0.2, -0.15) is 0 Å². The van der Waals surface area contributed by atoms with Crippen molar-refractivity contribution in [2.45, 2.75) is 64.0 Å². The highest BCUT2D eigenvalue weighted by Crippen LogP contribution is 2.25. The standard InChI is InChI=1S/C20H31N3O3S/c1-15-9-10-16(13-19(15)22-27(2,25)26)20(24)21-17-11-12-23(14-17)18-7-5-3-4-6-8-18/h9-10,13,17-18,22H,3-8,11-12,14H2,1-2H3,(H,21,24). The Kier molecular flexibility index (Phi) is 6.42. The Morgan fingerprint density at radius 2 is 1.81 bits per heavy atom. The maximum absolute atomic E-state index is 12.7. The first kappa shape index (κ1) is 20.1. The number of carbonyl (C=O) groups excluding carboxylic acids is 1. The van der Waals surface area contributed by atoms with E-state index < -0.39 is 10.0 Å². The number of nitrogens with zero attached hydrogens (tertiary/aromatic N) is 1. The molecule has 1 amide bonds. The van der Waals surface area contributed by atoms with E-state index >= 15 is 0 Å². The van der Waals surface area contributed by atoms with Gasteiger partial charge in [0.1, 0.15) is 0 Å². The molecule has 0 spiro atoms. The summed E-state index contributed by atoms with van der Waals surface area (Å²) in [7, 11) is -3.38. The molecule has 2 fully saturated rings. The lowest BCUT2D eigenvalue weighted by Crippen LogP contribution is -2.39. The van der Waals surface area contributed by atoms with Crippen molar-refractivity contribution in [2.75, 3.05) is 24.1 Å². The van der Waals surface area contributed by atoms with Crippen molar-refractivity contribution in [3.8, 4) is 0 Å². The molecule has 6 nitrogen and oxygen atoms in total. The number of hydrogen-bond acceptors (Lipinski definition) is 4. The van der Waals surface area contributed by atoms with E-state index in [4.69, 9.17) is 0 Å². The molecule has 1 aromatic rings. The zero-order valence-corrected chi connectivity index (χ0v) is 17.1. The highest BCUT2D eigenvalue weighted by atomic mass is 32.2. The Morgan fingerprint density at radius 3 is 2.48 bits per heavy atom. The van der Waals surface area contributed by atoms with Gasteiger partial charge in [-0.15, -0.1) is 0 Å². The predicted molar refractivity (Wildman–Crippen MR) is 109 cm³/mol. The molecule has 1 saturated carbocycles. The second-order valence-electron chi connectivity index (χ2n) is 8.00. The van der Waals surface area contributed by atoms with Crippen molar-refractivity contribution in [2.24, 2.45) is 0 Å². The molecule has 1 unspecified atom stereocenters. The minimum Gasteiger partial charge on any atom is -0.348 e. The summed E-state index contributed by atoms with van der Waals surface area (Å²) >= 11 is 0. The smallest absolute Gasteiger partial charge is 0.251 e. The molecule has 2 N–H and O–H groups in total. The first-order valence-corrected chi connectivity index (χ1v) is 11.8. The molecule has 1 aliphatic carbocycles.